The van der Waals surface area contributed by atoms with Crippen LogP contribution in [0.1, 0.15) is 24.3 Å². The van der Waals surface area contributed by atoms with Crippen molar-refractivity contribution in [1.82, 2.24) is 4.90 Å². The predicted octanol–water partition coefficient (Wildman–Crippen LogP) is 2.88. The summed E-state index contributed by atoms with van der Waals surface area (Å²) in [6, 6.07) is 7.67. The van der Waals surface area contributed by atoms with Crippen LogP contribution < -0.4 is 5.32 Å². The van der Waals surface area contributed by atoms with Gasteiger partial charge in [-0.25, -0.2) is 0 Å². The number of hydrogen-bond acceptors (Lipinski definition) is 2. The Bertz CT molecular complexity index is 362. The molecule has 1 rings (SSSR count). The van der Waals surface area contributed by atoms with Crippen LogP contribution in [-0.4, -0.2) is 31.4 Å². The van der Waals surface area contributed by atoms with Gasteiger partial charge in [0.25, 0.3) is 0 Å². The summed E-state index contributed by atoms with van der Waals surface area (Å²) in [6.45, 7) is 2.62. The largest absolute Gasteiger partial charge is 0.326 e. The van der Waals surface area contributed by atoms with Gasteiger partial charge in [-0.2, -0.15) is 0 Å². The molecule has 0 saturated carbocycles. The lowest BCUT2D eigenvalue weighted by Gasteiger charge is -2.15. The van der Waals surface area contributed by atoms with Crippen LogP contribution in [0.25, 0.3) is 0 Å². The van der Waals surface area contributed by atoms with Gasteiger partial charge in [-0.15, -0.1) is 11.6 Å². The molecule has 0 aromatic heterocycles. The number of alkyl halides is 1. The van der Waals surface area contributed by atoms with E-state index in [4.69, 9.17) is 11.6 Å². The maximum Gasteiger partial charge on any atom is 0.224 e. The van der Waals surface area contributed by atoms with Crippen molar-refractivity contribution in [2.45, 2.75) is 18.7 Å². The third-order valence-corrected chi connectivity index (χ3v) is 2.79. The Morgan fingerprint density at radius 1 is 1.35 bits per heavy atom. The van der Waals surface area contributed by atoms with Gasteiger partial charge in [-0.05, 0) is 31.8 Å². The standard InChI is InChI=1S/C13H19ClN2O/c1-4-13(17)15-11-7-5-10(6-8-11)12(14)9-16(2)3/h5-8,12H,4,9H2,1-3H3,(H,15,17). The van der Waals surface area contributed by atoms with Gasteiger partial charge >= 0.3 is 0 Å². The Kier molecular flexibility index (Phi) is 5.45. The molecular weight excluding hydrogens is 236 g/mol. The van der Waals surface area contributed by atoms with E-state index in [1.807, 2.05) is 50.2 Å². The first-order valence-electron chi connectivity index (χ1n) is 5.71. The normalized spacial score (nSPS) is 12.5. The number of amides is 1. The van der Waals surface area contributed by atoms with E-state index in [0.29, 0.717) is 6.42 Å². The molecule has 0 radical (unpaired) electrons. The fourth-order valence-corrected chi connectivity index (χ4v) is 1.87. The number of carbonyl (C=O) groups is 1. The van der Waals surface area contributed by atoms with E-state index < -0.39 is 0 Å². The number of nitrogens with zero attached hydrogens (tertiary/aromatic N) is 1. The molecule has 1 aromatic rings. The average Bonchev–Trinajstić information content (AvgIpc) is 2.28. The van der Waals surface area contributed by atoms with Gasteiger partial charge in [0.05, 0.1) is 5.38 Å². The molecule has 17 heavy (non-hydrogen) atoms. The van der Waals surface area contributed by atoms with Crippen molar-refractivity contribution < 1.29 is 4.79 Å². The Balaban J connectivity index is 2.64. The SMILES string of the molecule is CCC(=O)Nc1ccc(C(Cl)CN(C)C)cc1. The highest BCUT2D eigenvalue weighted by molar-refractivity contribution is 6.21. The van der Waals surface area contributed by atoms with Gasteiger partial charge in [0.15, 0.2) is 0 Å². The number of hydrogen-bond donors (Lipinski definition) is 1. The second-order valence-corrected chi connectivity index (χ2v) is 4.78. The summed E-state index contributed by atoms with van der Waals surface area (Å²) in [7, 11) is 3.98. The van der Waals surface area contributed by atoms with E-state index in [9.17, 15) is 4.79 Å². The number of carbonyl (C=O) groups excluding carboxylic acids is 1. The van der Waals surface area contributed by atoms with Crippen LogP contribution in [0.2, 0.25) is 0 Å². The van der Waals surface area contributed by atoms with Crippen LogP contribution in [0.15, 0.2) is 24.3 Å². The van der Waals surface area contributed by atoms with Gasteiger partial charge in [-0.3, -0.25) is 4.79 Å². The number of anilines is 1. The number of halogens is 1. The zero-order valence-corrected chi connectivity index (χ0v) is 11.3. The third-order valence-electron chi connectivity index (χ3n) is 2.40. The summed E-state index contributed by atoms with van der Waals surface area (Å²) < 4.78 is 0. The first-order valence-corrected chi connectivity index (χ1v) is 6.15. The third kappa shape index (κ3) is 4.75. The average molecular weight is 255 g/mol. The molecule has 0 aliphatic heterocycles. The van der Waals surface area contributed by atoms with Crippen molar-refractivity contribution in [3.05, 3.63) is 29.8 Å². The highest BCUT2D eigenvalue weighted by atomic mass is 35.5. The molecule has 1 atom stereocenters. The maximum atomic E-state index is 11.2. The molecule has 4 heteroatoms. The Labute approximate surface area is 108 Å². The van der Waals surface area contributed by atoms with Crippen molar-refractivity contribution in [1.29, 1.82) is 0 Å². The first kappa shape index (κ1) is 14.0. The van der Waals surface area contributed by atoms with E-state index in [-0.39, 0.29) is 11.3 Å². The summed E-state index contributed by atoms with van der Waals surface area (Å²) in [6.07, 6.45) is 0.487. The number of rotatable bonds is 5. The molecule has 0 heterocycles. The van der Waals surface area contributed by atoms with Crippen molar-refractivity contribution in [3.63, 3.8) is 0 Å². The minimum absolute atomic E-state index is 0.0217. The second-order valence-electron chi connectivity index (χ2n) is 4.25. The number of likely N-dealkylation sites (N-methyl/N-ethyl adjacent to an activating group) is 1. The molecule has 0 spiro atoms. The Hall–Kier alpha value is -1.06. The lowest BCUT2D eigenvalue weighted by molar-refractivity contribution is -0.115. The van der Waals surface area contributed by atoms with E-state index in [1.54, 1.807) is 0 Å². The van der Waals surface area contributed by atoms with E-state index in [2.05, 4.69) is 5.32 Å². The maximum absolute atomic E-state index is 11.2. The van der Waals surface area contributed by atoms with Crippen LogP contribution in [0.4, 0.5) is 5.69 Å². The first-order chi connectivity index (χ1) is 8.02. The lowest BCUT2D eigenvalue weighted by Crippen LogP contribution is -2.17. The van der Waals surface area contributed by atoms with Crippen molar-refractivity contribution in [2.75, 3.05) is 26.0 Å². The second kappa shape index (κ2) is 6.62. The van der Waals surface area contributed by atoms with Gasteiger partial charge < -0.3 is 10.2 Å². The molecule has 0 saturated heterocycles. The quantitative estimate of drug-likeness (QED) is 0.820. The van der Waals surface area contributed by atoms with Gasteiger partial charge in [0.1, 0.15) is 0 Å². The van der Waals surface area contributed by atoms with E-state index in [1.165, 1.54) is 0 Å². The Morgan fingerprint density at radius 3 is 2.41 bits per heavy atom. The van der Waals surface area contributed by atoms with Crippen LogP contribution in [0.3, 0.4) is 0 Å². The molecule has 1 amide bonds. The molecule has 1 N–H and O–H groups in total. The highest BCUT2D eigenvalue weighted by Gasteiger charge is 2.09. The minimum Gasteiger partial charge on any atom is -0.326 e. The van der Waals surface area contributed by atoms with Gasteiger partial charge in [-0.1, -0.05) is 19.1 Å². The van der Waals surface area contributed by atoms with E-state index in [0.717, 1.165) is 17.8 Å². The molecule has 0 fully saturated rings. The summed E-state index contributed by atoms with van der Waals surface area (Å²) in [4.78, 5) is 13.2. The smallest absolute Gasteiger partial charge is 0.224 e. The zero-order valence-electron chi connectivity index (χ0n) is 10.5. The van der Waals surface area contributed by atoms with Crippen LogP contribution in [0, 0.1) is 0 Å². The fourth-order valence-electron chi connectivity index (χ4n) is 1.45. The molecule has 0 bridgehead atoms. The minimum atomic E-state index is -0.0269. The zero-order chi connectivity index (χ0) is 12.8. The number of benzene rings is 1. The highest BCUT2D eigenvalue weighted by Crippen LogP contribution is 2.22. The van der Waals surface area contributed by atoms with Crippen molar-refractivity contribution in [3.8, 4) is 0 Å². The lowest BCUT2D eigenvalue weighted by atomic mass is 10.1. The number of nitrogens with one attached hydrogen (secondary N) is 1. The summed E-state index contributed by atoms with van der Waals surface area (Å²) in [5.41, 5.74) is 1.88. The predicted molar refractivity (Wildman–Crippen MR) is 72.5 cm³/mol. The molecule has 0 aliphatic carbocycles. The summed E-state index contributed by atoms with van der Waals surface area (Å²) in [5, 5.41) is 2.78. The van der Waals surface area contributed by atoms with Crippen LogP contribution in [-0.2, 0) is 4.79 Å². The molecule has 0 aliphatic rings. The van der Waals surface area contributed by atoms with Crippen molar-refractivity contribution >= 4 is 23.2 Å². The summed E-state index contributed by atoms with van der Waals surface area (Å²) in [5.74, 6) is 0.0217. The topological polar surface area (TPSA) is 32.3 Å². The van der Waals surface area contributed by atoms with Crippen molar-refractivity contribution in [2.24, 2.45) is 0 Å². The molecule has 3 nitrogen and oxygen atoms in total. The molecule has 94 valence electrons. The molecule has 1 aromatic carbocycles. The van der Waals surface area contributed by atoms with Gasteiger partial charge in [0.2, 0.25) is 5.91 Å². The fraction of sp³-hybridized carbons (Fsp3) is 0.462. The monoisotopic (exact) mass is 254 g/mol. The molecule has 1 unspecified atom stereocenters. The Morgan fingerprint density at radius 2 is 1.94 bits per heavy atom. The molecular formula is C13H19ClN2O. The summed E-state index contributed by atoms with van der Waals surface area (Å²) >= 11 is 6.26. The van der Waals surface area contributed by atoms with Crippen LogP contribution >= 0.6 is 11.6 Å². The van der Waals surface area contributed by atoms with E-state index >= 15 is 0 Å². The van der Waals surface area contributed by atoms with Crippen LogP contribution in [0.5, 0.6) is 0 Å². The van der Waals surface area contributed by atoms with Gasteiger partial charge in [0, 0.05) is 18.7 Å².